The van der Waals surface area contributed by atoms with Gasteiger partial charge in [-0.25, -0.2) is 4.39 Å². The number of hydrogen-bond acceptors (Lipinski definition) is 1. The summed E-state index contributed by atoms with van der Waals surface area (Å²) in [5.41, 5.74) is -0.841. The van der Waals surface area contributed by atoms with Gasteiger partial charge in [0.2, 0.25) is 0 Å². The van der Waals surface area contributed by atoms with Gasteiger partial charge in [-0.05, 0) is 24.7 Å². The van der Waals surface area contributed by atoms with Crippen molar-refractivity contribution < 1.29 is 9.13 Å². The van der Waals surface area contributed by atoms with Crippen LogP contribution in [0.25, 0.3) is 0 Å². The molecule has 0 aromatic carbocycles. The summed E-state index contributed by atoms with van der Waals surface area (Å²) in [5.74, 6) is 0. The van der Waals surface area contributed by atoms with Crippen molar-refractivity contribution in [3.05, 3.63) is 0 Å². The molecule has 1 nitrogen and oxygen atoms in total. The highest BCUT2D eigenvalue weighted by atomic mass is 19.1. The van der Waals surface area contributed by atoms with Crippen molar-refractivity contribution >= 4 is 0 Å². The lowest BCUT2D eigenvalue weighted by molar-refractivity contribution is -0.149. The second-order valence-electron chi connectivity index (χ2n) is 6.90. The SMILES string of the molecule is CCCCCCCC(C)(CCCC)CC1(F)COC1. The van der Waals surface area contributed by atoms with Gasteiger partial charge in [0.15, 0.2) is 5.67 Å². The zero-order chi connectivity index (χ0) is 14.2. The number of unbranched alkanes of at least 4 members (excludes halogenated alkanes) is 5. The van der Waals surface area contributed by atoms with E-state index in [1.165, 1.54) is 57.8 Å². The van der Waals surface area contributed by atoms with Gasteiger partial charge in [0, 0.05) is 0 Å². The topological polar surface area (TPSA) is 9.23 Å². The molecule has 0 saturated carbocycles. The van der Waals surface area contributed by atoms with Crippen molar-refractivity contribution in [2.45, 2.75) is 90.6 Å². The van der Waals surface area contributed by atoms with Crippen LogP contribution < -0.4 is 0 Å². The fourth-order valence-electron chi connectivity index (χ4n) is 3.25. The minimum absolute atomic E-state index is 0.181. The Kier molecular flexibility index (Phi) is 7.35. The Labute approximate surface area is 119 Å². The number of hydrogen-bond donors (Lipinski definition) is 0. The highest BCUT2D eigenvalue weighted by Crippen LogP contribution is 2.42. The Bertz CT molecular complexity index is 237. The van der Waals surface area contributed by atoms with E-state index in [1.54, 1.807) is 0 Å². The van der Waals surface area contributed by atoms with Crippen molar-refractivity contribution in [3.63, 3.8) is 0 Å². The van der Waals surface area contributed by atoms with Gasteiger partial charge in [0.25, 0.3) is 0 Å². The Balaban J connectivity index is 2.35. The van der Waals surface area contributed by atoms with Crippen LogP contribution in [0, 0.1) is 5.41 Å². The zero-order valence-electron chi connectivity index (χ0n) is 13.3. The van der Waals surface area contributed by atoms with Gasteiger partial charge < -0.3 is 4.74 Å². The Morgan fingerprint density at radius 1 is 0.947 bits per heavy atom. The summed E-state index contributed by atoms with van der Waals surface area (Å²) in [4.78, 5) is 0. The molecule has 1 aliphatic rings. The van der Waals surface area contributed by atoms with E-state index in [4.69, 9.17) is 4.74 Å². The van der Waals surface area contributed by atoms with Crippen molar-refractivity contribution in [3.8, 4) is 0 Å². The summed E-state index contributed by atoms with van der Waals surface area (Å²) in [6.45, 7) is 7.41. The molecule has 0 spiro atoms. The maximum Gasteiger partial charge on any atom is 0.157 e. The molecule has 1 heterocycles. The molecule has 0 aliphatic carbocycles. The molecule has 0 aromatic rings. The van der Waals surface area contributed by atoms with Gasteiger partial charge in [-0.3, -0.25) is 0 Å². The Morgan fingerprint density at radius 2 is 1.53 bits per heavy atom. The van der Waals surface area contributed by atoms with E-state index in [2.05, 4.69) is 20.8 Å². The first-order chi connectivity index (χ1) is 9.04. The predicted octanol–water partition coefficient (Wildman–Crippen LogP) is 5.67. The molecule has 1 fully saturated rings. The smallest absolute Gasteiger partial charge is 0.157 e. The van der Waals surface area contributed by atoms with Gasteiger partial charge in [-0.15, -0.1) is 0 Å². The van der Waals surface area contributed by atoms with Crippen LogP contribution >= 0.6 is 0 Å². The molecule has 2 heteroatoms. The average Bonchev–Trinajstić information content (AvgIpc) is 2.34. The first-order valence-corrected chi connectivity index (χ1v) is 8.30. The molecule has 19 heavy (non-hydrogen) atoms. The van der Waals surface area contributed by atoms with Crippen molar-refractivity contribution in [2.75, 3.05) is 13.2 Å². The first kappa shape index (κ1) is 16.9. The highest BCUT2D eigenvalue weighted by Gasteiger charge is 2.44. The maximum atomic E-state index is 14.3. The van der Waals surface area contributed by atoms with Crippen molar-refractivity contribution in [1.29, 1.82) is 0 Å². The maximum absolute atomic E-state index is 14.3. The first-order valence-electron chi connectivity index (χ1n) is 8.30. The van der Waals surface area contributed by atoms with Crippen LogP contribution in [0.2, 0.25) is 0 Å². The van der Waals surface area contributed by atoms with Crippen molar-refractivity contribution in [2.24, 2.45) is 5.41 Å². The molecule has 1 aliphatic heterocycles. The van der Waals surface area contributed by atoms with Gasteiger partial charge >= 0.3 is 0 Å². The van der Waals surface area contributed by atoms with Crippen LogP contribution in [0.1, 0.15) is 85.0 Å². The quantitative estimate of drug-likeness (QED) is 0.440. The summed E-state index contributed by atoms with van der Waals surface area (Å²) in [6, 6.07) is 0. The van der Waals surface area contributed by atoms with Crippen molar-refractivity contribution in [1.82, 2.24) is 0 Å². The van der Waals surface area contributed by atoms with Crippen LogP contribution in [0.15, 0.2) is 0 Å². The number of rotatable bonds is 11. The predicted molar refractivity (Wildman–Crippen MR) is 80.3 cm³/mol. The molecular weight excluding hydrogens is 239 g/mol. The van der Waals surface area contributed by atoms with Gasteiger partial charge in [-0.2, -0.15) is 0 Å². The molecule has 0 radical (unpaired) electrons. The van der Waals surface area contributed by atoms with Crippen LogP contribution in [0.3, 0.4) is 0 Å². The van der Waals surface area contributed by atoms with E-state index >= 15 is 0 Å². The summed E-state index contributed by atoms with van der Waals surface area (Å²) in [7, 11) is 0. The van der Waals surface area contributed by atoms with Gasteiger partial charge in [-0.1, -0.05) is 65.7 Å². The van der Waals surface area contributed by atoms with Gasteiger partial charge in [0.05, 0.1) is 13.2 Å². The lowest BCUT2D eigenvalue weighted by atomic mass is 9.72. The van der Waals surface area contributed by atoms with E-state index < -0.39 is 5.67 Å². The minimum Gasteiger partial charge on any atom is -0.375 e. The van der Waals surface area contributed by atoms with E-state index in [0.29, 0.717) is 19.6 Å². The fourth-order valence-corrected chi connectivity index (χ4v) is 3.25. The second-order valence-corrected chi connectivity index (χ2v) is 6.90. The molecule has 0 aromatic heterocycles. The Hall–Kier alpha value is -0.110. The van der Waals surface area contributed by atoms with Crippen LogP contribution in [-0.2, 0) is 4.74 Å². The molecule has 0 amide bonds. The lowest BCUT2D eigenvalue weighted by Gasteiger charge is -2.41. The number of ether oxygens (including phenoxy) is 1. The molecule has 1 atom stereocenters. The molecule has 0 bridgehead atoms. The third-order valence-corrected chi connectivity index (χ3v) is 4.48. The van der Waals surface area contributed by atoms with E-state index in [9.17, 15) is 4.39 Å². The summed E-state index contributed by atoms with van der Waals surface area (Å²) in [6.07, 6.45) is 12.0. The number of halogens is 1. The third-order valence-electron chi connectivity index (χ3n) is 4.48. The molecule has 1 saturated heterocycles. The van der Waals surface area contributed by atoms with E-state index in [1.807, 2.05) is 0 Å². The fraction of sp³-hybridized carbons (Fsp3) is 1.00. The van der Waals surface area contributed by atoms with E-state index in [-0.39, 0.29) is 5.41 Å². The van der Waals surface area contributed by atoms with Crippen LogP contribution in [-0.4, -0.2) is 18.9 Å². The average molecular weight is 272 g/mol. The second kappa shape index (κ2) is 8.24. The van der Waals surface area contributed by atoms with Crippen LogP contribution in [0.5, 0.6) is 0 Å². The summed E-state index contributed by atoms with van der Waals surface area (Å²) >= 11 is 0. The lowest BCUT2D eigenvalue weighted by Crippen LogP contribution is -2.48. The molecule has 114 valence electrons. The van der Waals surface area contributed by atoms with Crippen LogP contribution in [0.4, 0.5) is 4.39 Å². The highest BCUT2D eigenvalue weighted by molar-refractivity contribution is 4.92. The monoisotopic (exact) mass is 272 g/mol. The summed E-state index contributed by atoms with van der Waals surface area (Å²) in [5, 5.41) is 0. The normalized spacial score (nSPS) is 20.8. The standard InChI is InChI=1S/C17H33FO/c1-4-6-8-9-10-12-16(3,11-7-5-2)13-17(18)14-19-15-17/h4-15H2,1-3H3. The third kappa shape index (κ3) is 6.25. The summed E-state index contributed by atoms with van der Waals surface area (Å²) < 4.78 is 19.4. The molecule has 0 N–H and O–H groups in total. The Morgan fingerprint density at radius 3 is 2.05 bits per heavy atom. The minimum atomic E-state index is -1.02. The largest absolute Gasteiger partial charge is 0.375 e. The van der Waals surface area contributed by atoms with Gasteiger partial charge in [0.1, 0.15) is 0 Å². The molecule has 1 unspecified atom stereocenters. The molecule has 1 rings (SSSR count). The van der Waals surface area contributed by atoms with E-state index in [0.717, 1.165) is 0 Å². The number of alkyl halides is 1. The molecular formula is C17H33FO. The zero-order valence-corrected chi connectivity index (χ0v) is 13.3.